The Kier molecular flexibility index (Phi) is 6.05. The lowest BCUT2D eigenvalue weighted by Crippen LogP contribution is -2.31. The van der Waals surface area contributed by atoms with Crippen LogP contribution in [0.25, 0.3) is 10.7 Å². The minimum absolute atomic E-state index is 0.199. The molecule has 0 saturated heterocycles. The summed E-state index contributed by atoms with van der Waals surface area (Å²) in [5.74, 6) is -0.495. The number of ether oxygens (including phenoxy) is 1. The number of tetrazole rings is 1. The highest BCUT2D eigenvalue weighted by molar-refractivity contribution is 7.13. The summed E-state index contributed by atoms with van der Waals surface area (Å²) in [7, 11) is 0. The number of hydrogen-bond donors (Lipinski definition) is 1. The first-order valence-corrected chi connectivity index (χ1v) is 8.86. The molecule has 0 saturated carbocycles. The molecule has 3 aromatic rings. The lowest BCUT2D eigenvalue weighted by molar-refractivity contribution is -0.149. The molecule has 0 radical (unpaired) electrons. The normalized spacial score (nSPS) is 10.5. The minimum Gasteiger partial charge on any atom is -0.454 e. The summed E-state index contributed by atoms with van der Waals surface area (Å²) in [6.45, 7) is -0.0506. The number of hydrogen-bond acceptors (Lipinski definition) is 7. The van der Waals surface area contributed by atoms with Crippen molar-refractivity contribution >= 4 is 23.2 Å². The van der Waals surface area contributed by atoms with Crippen molar-refractivity contribution in [3.63, 3.8) is 0 Å². The number of nitrogens with one attached hydrogen (secondary N) is 1. The smallest absolute Gasteiger partial charge is 0.330 e. The van der Waals surface area contributed by atoms with Gasteiger partial charge in [-0.05, 0) is 28.6 Å². The van der Waals surface area contributed by atoms with Gasteiger partial charge in [-0.15, -0.1) is 21.5 Å². The lowest BCUT2D eigenvalue weighted by atomic mass is 10.1. The highest BCUT2D eigenvalue weighted by atomic mass is 32.1. The van der Waals surface area contributed by atoms with Crippen molar-refractivity contribution in [2.45, 2.75) is 13.0 Å². The van der Waals surface area contributed by atoms with Crippen molar-refractivity contribution in [3.05, 3.63) is 53.4 Å². The van der Waals surface area contributed by atoms with Crippen molar-refractivity contribution < 1.29 is 14.3 Å². The predicted octanol–water partition coefficient (Wildman–Crippen LogP) is 1.30. The van der Waals surface area contributed by atoms with E-state index in [2.05, 4.69) is 20.7 Å². The standard InChI is InChI=1S/C17H17N5O3S/c23-15(18-9-8-13-5-2-1-3-6-13)12-25-16(24)11-22-20-17(19-21-22)14-7-4-10-26-14/h1-7,10H,8-9,11-12H2,(H,18,23). The van der Waals surface area contributed by atoms with Crippen molar-refractivity contribution in [1.29, 1.82) is 0 Å². The van der Waals surface area contributed by atoms with Gasteiger partial charge in [0.2, 0.25) is 5.82 Å². The van der Waals surface area contributed by atoms with Gasteiger partial charge in [-0.25, -0.2) is 4.79 Å². The molecule has 1 aromatic carbocycles. The van der Waals surface area contributed by atoms with Gasteiger partial charge < -0.3 is 10.1 Å². The monoisotopic (exact) mass is 371 g/mol. The molecular weight excluding hydrogens is 354 g/mol. The molecular formula is C17H17N5O3S. The summed E-state index contributed by atoms with van der Waals surface area (Å²) in [4.78, 5) is 25.5. The lowest BCUT2D eigenvalue weighted by Gasteiger charge is -2.06. The first-order valence-electron chi connectivity index (χ1n) is 7.98. The second-order valence-corrected chi connectivity index (χ2v) is 6.31. The average molecular weight is 371 g/mol. The molecule has 0 aliphatic rings. The van der Waals surface area contributed by atoms with E-state index in [1.807, 2.05) is 47.8 Å². The van der Waals surface area contributed by atoms with Crippen LogP contribution in [-0.2, 0) is 27.3 Å². The van der Waals surface area contributed by atoms with Crippen LogP contribution < -0.4 is 5.32 Å². The van der Waals surface area contributed by atoms with Crippen molar-refractivity contribution in [2.24, 2.45) is 0 Å². The van der Waals surface area contributed by atoms with Crippen LogP contribution in [0, 0.1) is 0 Å². The van der Waals surface area contributed by atoms with Crippen molar-refractivity contribution in [2.75, 3.05) is 13.2 Å². The van der Waals surface area contributed by atoms with E-state index in [1.165, 1.54) is 11.3 Å². The highest BCUT2D eigenvalue weighted by Gasteiger charge is 2.12. The molecule has 0 unspecified atom stereocenters. The predicted molar refractivity (Wildman–Crippen MR) is 95.2 cm³/mol. The van der Waals surface area contributed by atoms with Gasteiger partial charge in [0.15, 0.2) is 13.2 Å². The van der Waals surface area contributed by atoms with Crippen LogP contribution in [0.2, 0.25) is 0 Å². The number of benzene rings is 1. The molecule has 1 amide bonds. The summed E-state index contributed by atoms with van der Waals surface area (Å²) in [5, 5.41) is 16.4. The Morgan fingerprint density at radius 1 is 1.15 bits per heavy atom. The van der Waals surface area contributed by atoms with E-state index in [0.29, 0.717) is 12.4 Å². The molecule has 0 atom stereocenters. The number of thiophene rings is 1. The number of carbonyl (C=O) groups is 2. The highest BCUT2D eigenvalue weighted by Crippen LogP contribution is 2.19. The zero-order valence-electron chi connectivity index (χ0n) is 13.9. The number of amides is 1. The summed E-state index contributed by atoms with van der Waals surface area (Å²) >= 11 is 1.48. The molecule has 1 N–H and O–H groups in total. The third kappa shape index (κ3) is 5.21. The van der Waals surface area contributed by atoms with Gasteiger partial charge in [0.25, 0.3) is 5.91 Å². The largest absolute Gasteiger partial charge is 0.454 e. The molecule has 3 rings (SSSR count). The quantitative estimate of drug-likeness (QED) is 0.599. The maximum absolute atomic E-state index is 11.8. The van der Waals surface area contributed by atoms with E-state index in [1.54, 1.807) is 0 Å². The molecule has 134 valence electrons. The Labute approximate surface area is 153 Å². The molecule has 0 spiro atoms. The van der Waals surface area contributed by atoms with Gasteiger partial charge >= 0.3 is 5.97 Å². The van der Waals surface area contributed by atoms with E-state index in [4.69, 9.17) is 4.74 Å². The summed E-state index contributed by atoms with van der Waals surface area (Å²) < 4.78 is 4.93. The molecule has 2 aromatic heterocycles. The Morgan fingerprint density at radius 2 is 2.00 bits per heavy atom. The Balaban J connectivity index is 1.36. The minimum atomic E-state index is -0.599. The van der Waals surface area contributed by atoms with Crippen LogP contribution >= 0.6 is 11.3 Å². The maximum atomic E-state index is 11.8. The number of carbonyl (C=O) groups excluding carboxylic acids is 2. The topological polar surface area (TPSA) is 99.0 Å². The fourth-order valence-electron chi connectivity index (χ4n) is 2.16. The van der Waals surface area contributed by atoms with Gasteiger partial charge in [-0.3, -0.25) is 4.79 Å². The number of aromatic nitrogens is 4. The second kappa shape index (κ2) is 8.86. The average Bonchev–Trinajstić information content (AvgIpc) is 3.32. The molecule has 8 nitrogen and oxygen atoms in total. The van der Waals surface area contributed by atoms with Crippen molar-refractivity contribution in [3.8, 4) is 10.7 Å². The number of nitrogens with zero attached hydrogens (tertiary/aromatic N) is 4. The third-order valence-corrected chi connectivity index (χ3v) is 4.27. The van der Waals surface area contributed by atoms with Gasteiger partial charge in [0.1, 0.15) is 0 Å². The van der Waals surface area contributed by atoms with Crippen LogP contribution in [0.15, 0.2) is 47.8 Å². The van der Waals surface area contributed by atoms with Crippen LogP contribution in [-0.4, -0.2) is 45.2 Å². The van der Waals surface area contributed by atoms with Crippen LogP contribution in [0.3, 0.4) is 0 Å². The fourth-order valence-corrected chi connectivity index (χ4v) is 2.81. The summed E-state index contributed by atoms with van der Waals surface area (Å²) in [6, 6.07) is 13.6. The zero-order chi connectivity index (χ0) is 18.2. The maximum Gasteiger partial charge on any atom is 0.330 e. The van der Waals surface area contributed by atoms with E-state index in [0.717, 1.165) is 21.7 Å². The summed E-state index contributed by atoms with van der Waals surface area (Å²) in [5.41, 5.74) is 1.13. The molecule has 26 heavy (non-hydrogen) atoms. The molecule has 9 heteroatoms. The fraction of sp³-hybridized carbons (Fsp3) is 0.235. The van der Waals surface area contributed by atoms with E-state index >= 15 is 0 Å². The van der Waals surface area contributed by atoms with Crippen LogP contribution in [0.4, 0.5) is 0 Å². The van der Waals surface area contributed by atoms with Gasteiger partial charge in [-0.2, -0.15) is 4.80 Å². The SMILES string of the molecule is O=C(COC(=O)Cn1nnc(-c2cccs2)n1)NCCc1ccccc1. The molecule has 0 fully saturated rings. The van der Waals surface area contributed by atoms with Gasteiger partial charge in [0.05, 0.1) is 4.88 Å². The van der Waals surface area contributed by atoms with E-state index in [-0.39, 0.29) is 19.1 Å². The Bertz CT molecular complexity index is 848. The van der Waals surface area contributed by atoms with Crippen molar-refractivity contribution in [1.82, 2.24) is 25.5 Å². The molecule has 2 heterocycles. The first-order chi connectivity index (χ1) is 12.7. The molecule has 0 aliphatic carbocycles. The van der Waals surface area contributed by atoms with Gasteiger partial charge in [0, 0.05) is 6.54 Å². The van der Waals surface area contributed by atoms with Crippen LogP contribution in [0.5, 0.6) is 0 Å². The Morgan fingerprint density at radius 3 is 2.77 bits per heavy atom. The molecule has 0 bridgehead atoms. The van der Waals surface area contributed by atoms with Crippen LogP contribution in [0.1, 0.15) is 5.56 Å². The number of esters is 1. The van der Waals surface area contributed by atoms with Gasteiger partial charge in [-0.1, -0.05) is 36.4 Å². The van der Waals surface area contributed by atoms with E-state index < -0.39 is 5.97 Å². The molecule has 0 aliphatic heterocycles. The zero-order valence-corrected chi connectivity index (χ0v) is 14.7. The third-order valence-electron chi connectivity index (χ3n) is 3.41. The van der Waals surface area contributed by atoms with E-state index in [9.17, 15) is 9.59 Å². The first kappa shape index (κ1) is 17.7. The second-order valence-electron chi connectivity index (χ2n) is 5.37. The number of rotatable bonds is 8. The summed E-state index contributed by atoms with van der Waals surface area (Å²) in [6.07, 6.45) is 0.717. The Hall–Kier alpha value is -3.07.